The lowest BCUT2D eigenvalue weighted by Gasteiger charge is -2.13. The molecule has 2 aromatic carbocycles. The minimum absolute atomic E-state index is 0. The number of carboxylic acids is 2. The number of rotatable bonds is 19. The molecule has 292 valence electrons. The lowest BCUT2D eigenvalue weighted by Crippen LogP contribution is -2.04. The number of oxime groups is 1. The number of carbonyl (C=O) groups excluding carboxylic acids is 1. The molecule has 4 N–H and O–H groups in total. The van der Waals surface area contributed by atoms with E-state index in [0.717, 1.165) is 0 Å². The fourth-order valence-electron chi connectivity index (χ4n) is 3.44. The van der Waals surface area contributed by atoms with Crippen molar-refractivity contribution in [1.29, 1.82) is 0 Å². The number of hydrogen-bond acceptors (Lipinski definition) is 11. The highest BCUT2D eigenvalue weighted by atomic mass is 35.5. The molecule has 0 aliphatic rings. The van der Waals surface area contributed by atoms with Crippen molar-refractivity contribution < 1.29 is 53.2 Å². The van der Waals surface area contributed by atoms with E-state index in [1.807, 2.05) is 0 Å². The van der Waals surface area contributed by atoms with Gasteiger partial charge in [-0.25, -0.2) is 5.90 Å². The molecule has 0 amide bonds. The monoisotopic (exact) mass is 872 g/mol. The molecule has 0 aromatic heterocycles. The molecule has 0 unspecified atom stereocenters. The van der Waals surface area contributed by atoms with Crippen molar-refractivity contribution in [1.82, 2.24) is 0 Å². The highest BCUT2D eigenvalue weighted by Crippen LogP contribution is 2.35. The Balaban J connectivity index is 0. The first-order valence-electron chi connectivity index (χ1n) is 14.5. The van der Waals surface area contributed by atoms with Gasteiger partial charge in [-0.05, 0) is 51.0 Å². The van der Waals surface area contributed by atoms with Crippen LogP contribution < -0.4 is 24.8 Å². The van der Waals surface area contributed by atoms with Gasteiger partial charge in [0.15, 0.2) is 5.78 Å². The van der Waals surface area contributed by atoms with Crippen molar-refractivity contribution in [3.63, 3.8) is 0 Å². The lowest BCUT2D eigenvalue weighted by atomic mass is 10.1. The van der Waals surface area contributed by atoms with Crippen LogP contribution in [0.3, 0.4) is 0 Å². The number of nitrogens with zero attached hydrogens (tertiary/aromatic N) is 1. The fraction of sp³-hybridized carbons (Fsp3) is 0.375. The first-order chi connectivity index (χ1) is 24.1. The topological polar surface area (TPSA) is 185 Å². The Hall–Kier alpha value is -2.85. The van der Waals surface area contributed by atoms with Crippen LogP contribution in [0.2, 0.25) is 10.0 Å². The van der Waals surface area contributed by atoms with Crippen LogP contribution in [0.25, 0.3) is 0 Å². The summed E-state index contributed by atoms with van der Waals surface area (Å²) in [5.41, 5.74) is 1.45. The first kappa shape index (κ1) is 51.3. The average molecular weight is 876 g/mol. The van der Waals surface area contributed by atoms with Gasteiger partial charge in [0.1, 0.15) is 51.8 Å². The maximum absolute atomic E-state index is 11.5. The zero-order valence-corrected chi connectivity index (χ0v) is 33.7. The Morgan fingerprint density at radius 2 is 1.17 bits per heavy atom. The van der Waals surface area contributed by atoms with Gasteiger partial charge < -0.3 is 38.8 Å². The summed E-state index contributed by atoms with van der Waals surface area (Å²) in [6.45, 7) is 3.99. The Kier molecular flexibility index (Phi) is 29.2. The summed E-state index contributed by atoms with van der Waals surface area (Å²) >= 11 is 34.2. The molecule has 0 saturated heterocycles. The van der Waals surface area contributed by atoms with Gasteiger partial charge in [0, 0.05) is 30.5 Å². The van der Waals surface area contributed by atoms with Gasteiger partial charge >= 0.3 is 11.9 Å². The minimum atomic E-state index is -0.881. The van der Waals surface area contributed by atoms with Crippen molar-refractivity contribution in [2.24, 2.45) is 11.1 Å². The van der Waals surface area contributed by atoms with Gasteiger partial charge in [-0.3, -0.25) is 14.4 Å². The normalized spacial score (nSPS) is 10.1. The number of benzene rings is 2. The molecule has 0 aliphatic heterocycles. The van der Waals surface area contributed by atoms with Crippen molar-refractivity contribution in [3.05, 3.63) is 66.6 Å². The maximum atomic E-state index is 11.5. The smallest absolute Gasteiger partial charge is 0.303 e. The molecule has 0 heterocycles. The summed E-state index contributed by atoms with van der Waals surface area (Å²) < 4.78 is 21.4. The summed E-state index contributed by atoms with van der Waals surface area (Å²) in [5, 5.41) is 21.2. The predicted octanol–water partition coefficient (Wildman–Crippen LogP) is 9.06. The molecular weight excluding hydrogens is 837 g/mol. The van der Waals surface area contributed by atoms with E-state index in [2.05, 4.69) is 15.9 Å². The van der Waals surface area contributed by atoms with Gasteiger partial charge in [-0.2, -0.15) is 0 Å². The minimum Gasteiger partial charge on any atom is -0.494 e. The number of aliphatic carboxylic acids is 2. The highest BCUT2D eigenvalue weighted by molar-refractivity contribution is 6.56. The molecule has 0 spiro atoms. The van der Waals surface area contributed by atoms with Crippen LogP contribution >= 0.6 is 82.0 Å². The number of Topliss-reactive ketones (excluding diaryl/α,β-unsaturated/α-hetero) is 1. The average Bonchev–Trinajstić information content (AvgIpc) is 3.04. The van der Waals surface area contributed by atoms with Crippen LogP contribution in [0.4, 0.5) is 0 Å². The second kappa shape index (κ2) is 29.6. The van der Waals surface area contributed by atoms with Crippen LogP contribution in [-0.2, 0) is 19.3 Å². The number of ether oxygens (including phenoxy) is 4. The molecule has 52 heavy (non-hydrogen) atoms. The van der Waals surface area contributed by atoms with Gasteiger partial charge in [0.05, 0.1) is 42.1 Å². The molecule has 13 nitrogen and oxygen atoms in total. The molecular formula is C32H39Cl7N2O11. The largest absolute Gasteiger partial charge is 0.494 e. The molecule has 2 aromatic rings. The zero-order chi connectivity index (χ0) is 38.9. The third kappa shape index (κ3) is 22.9. The van der Waals surface area contributed by atoms with Crippen LogP contribution in [0.5, 0.6) is 23.0 Å². The number of methoxy groups -OCH3 is 2. The number of ketones is 1. The predicted molar refractivity (Wildman–Crippen MR) is 206 cm³/mol. The van der Waals surface area contributed by atoms with Crippen LogP contribution in [0, 0.1) is 0 Å². The third-order valence-electron chi connectivity index (χ3n) is 5.67. The zero-order valence-electron chi connectivity index (χ0n) is 28.4. The summed E-state index contributed by atoms with van der Waals surface area (Å²) in [7, 11) is 2.94. The van der Waals surface area contributed by atoms with E-state index >= 15 is 0 Å². The van der Waals surface area contributed by atoms with Crippen molar-refractivity contribution in [2.45, 2.75) is 39.5 Å². The van der Waals surface area contributed by atoms with Gasteiger partial charge in [0.2, 0.25) is 0 Å². The summed E-state index contributed by atoms with van der Waals surface area (Å²) in [4.78, 5) is 41.0. The first-order valence-corrected chi connectivity index (χ1v) is 16.8. The van der Waals surface area contributed by atoms with E-state index in [1.165, 1.54) is 33.3 Å². The van der Waals surface area contributed by atoms with E-state index in [-0.39, 0.29) is 59.8 Å². The molecule has 0 saturated carbocycles. The number of halogens is 7. The molecule has 0 bridgehead atoms. The summed E-state index contributed by atoms with van der Waals surface area (Å²) in [5.74, 6) is 4.44. The molecule has 0 radical (unpaired) electrons. The fourth-order valence-corrected chi connectivity index (χ4v) is 4.26. The van der Waals surface area contributed by atoms with Gasteiger partial charge in [0.25, 0.3) is 0 Å². The van der Waals surface area contributed by atoms with Crippen molar-refractivity contribution >= 4 is 105 Å². The van der Waals surface area contributed by atoms with E-state index in [0.29, 0.717) is 69.3 Å². The Bertz CT molecular complexity index is 1520. The number of hydrogen-bond donors (Lipinski definition) is 3. The number of carbonyl (C=O) groups is 3. The van der Waals surface area contributed by atoms with Gasteiger partial charge in [-0.1, -0.05) is 74.8 Å². The summed E-state index contributed by atoms with van der Waals surface area (Å²) in [6.07, 6.45) is 3.95. The molecule has 0 fully saturated rings. The molecule has 20 heteroatoms. The number of carboxylic acid groups (broad SMARTS) is 2. The van der Waals surface area contributed by atoms with Gasteiger partial charge in [-0.15, -0.1) is 12.4 Å². The molecule has 0 atom stereocenters. The van der Waals surface area contributed by atoms with E-state index in [1.54, 1.807) is 31.2 Å². The Labute approximate surface area is 337 Å². The van der Waals surface area contributed by atoms with Crippen LogP contribution in [-0.4, -0.2) is 74.3 Å². The second-order valence-corrected chi connectivity index (χ2v) is 12.3. The van der Waals surface area contributed by atoms with Crippen LogP contribution in [0.1, 0.15) is 55.5 Å². The highest BCUT2D eigenvalue weighted by Gasteiger charge is 2.15. The van der Waals surface area contributed by atoms with E-state index in [9.17, 15) is 14.4 Å². The Morgan fingerprint density at radius 3 is 1.56 bits per heavy atom. The SMILES string of the molecule is COc1c(Cl)cc(OCC=C(Cl)Cl)cc1/C(C)=N/OCCCC(=O)O.COc1c(Cl)cc(OCC=C(Cl)Cl)cc1C(C)=O.Cl.NOCCCC(=O)O. The van der Waals surface area contributed by atoms with Crippen LogP contribution in [0.15, 0.2) is 50.6 Å². The van der Waals surface area contributed by atoms with E-state index in [4.69, 9.17) is 104 Å². The second-order valence-electron chi connectivity index (χ2n) is 9.51. The standard InChI is InChI=1S/C16H18Cl3NO5.C12H11Cl3O3.C4H9NO3.ClH/c1-10(20-25-6-3-4-15(21)22)12-8-11(24-7-5-14(18)19)9-13(17)16(12)23-2;1-7(16)9-5-8(18-4-3-11(14)15)6-10(13)12(9)17-2;5-8-3-1-2-4(6)7;/h5,8-9H,3-4,6-7H2,1-2H3,(H,21,22);3,5-6H,4H2,1-2H3;1-3,5H2,(H,6,7);1H/b20-10+;;;. The van der Waals surface area contributed by atoms with E-state index < -0.39 is 11.9 Å². The maximum Gasteiger partial charge on any atom is 0.303 e. The lowest BCUT2D eigenvalue weighted by molar-refractivity contribution is -0.138. The molecule has 2 rings (SSSR count). The van der Waals surface area contributed by atoms with Crippen molar-refractivity contribution in [2.75, 3.05) is 40.6 Å². The summed E-state index contributed by atoms with van der Waals surface area (Å²) in [6, 6.07) is 6.41. The van der Waals surface area contributed by atoms with Crippen molar-refractivity contribution in [3.8, 4) is 23.0 Å². The third-order valence-corrected chi connectivity index (χ3v) is 6.85. The Morgan fingerprint density at radius 1 is 0.750 bits per heavy atom. The quantitative estimate of drug-likeness (QED) is 0.0527. The number of nitrogens with two attached hydrogens (primary N) is 1. The molecule has 0 aliphatic carbocycles.